The Morgan fingerprint density at radius 3 is 2.84 bits per heavy atom. The lowest BCUT2D eigenvalue weighted by Gasteiger charge is -2.16. The second kappa shape index (κ2) is 7.35. The van der Waals surface area contributed by atoms with Gasteiger partial charge in [-0.2, -0.15) is 0 Å². The van der Waals surface area contributed by atoms with Gasteiger partial charge in [-0.15, -0.1) is 0 Å². The molecular formula is C12H15BrClN3O2. The highest BCUT2D eigenvalue weighted by Gasteiger charge is 2.16. The number of nitrogens with two attached hydrogens (primary N) is 1. The monoisotopic (exact) mass is 347 g/mol. The Balaban J connectivity index is 2.77. The van der Waals surface area contributed by atoms with Crippen molar-refractivity contribution in [1.29, 1.82) is 0 Å². The highest BCUT2D eigenvalue weighted by molar-refractivity contribution is 9.10. The van der Waals surface area contributed by atoms with E-state index in [0.717, 1.165) is 4.47 Å². The van der Waals surface area contributed by atoms with E-state index in [1.165, 1.54) is 0 Å². The van der Waals surface area contributed by atoms with Gasteiger partial charge in [0, 0.05) is 16.9 Å². The fraction of sp³-hybridized carbons (Fsp3) is 0.333. The Morgan fingerprint density at radius 1 is 1.63 bits per heavy atom. The molecule has 0 aliphatic heterocycles. The van der Waals surface area contributed by atoms with E-state index in [1.54, 1.807) is 18.2 Å². The Labute approximate surface area is 124 Å². The van der Waals surface area contributed by atoms with E-state index in [-0.39, 0.29) is 24.2 Å². The molecule has 1 aromatic rings. The second-order valence-electron chi connectivity index (χ2n) is 4.00. The Hall–Kier alpha value is -1.27. The maximum Gasteiger partial charge on any atom is 0.253 e. The first-order valence-corrected chi connectivity index (χ1v) is 6.87. The van der Waals surface area contributed by atoms with Crippen molar-refractivity contribution in [2.24, 2.45) is 10.9 Å². The minimum Gasteiger partial charge on any atom is -0.409 e. The van der Waals surface area contributed by atoms with Crippen molar-refractivity contribution in [3.8, 4) is 0 Å². The average Bonchev–Trinajstić information content (AvgIpc) is 2.37. The number of amides is 1. The summed E-state index contributed by atoms with van der Waals surface area (Å²) in [7, 11) is 0. The Bertz CT molecular complexity index is 494. The van der Waals surface area contributed by atoms with Crippen LogP contribution in [0.5, 0.6) is 0 Å². The quantitative estimate of drug-likeness (QED) is 0.331. The van der Waals surface area contributed by atoms with E-state index >= 15 is 0 Å². The van der Waals surface area contributed by atoms with Crippen LogP contribution in [0, 0.1) is 0 Å². The standard InChI is InChI=1S/C12H15BrClN3O2/c1-2-8(6-11(15)17-19)16-12(18)9-4-3-7(13)5-10(9)14/h3-5,8,19H,2,6H2,1H3,(H2,15,17)(H,16,18). The first kappa shape index (κ1) is 15.8. The number of oxime groups is 1. The summed E-state index contributed by atoms with van der Waals surface area (Å²) in [6, 6.07) is 4.83. The van der Waals surface area contributed by atoms with E-state index in [2.05, 4.69) is 26.4 Å². The average molecular weight is 349 g/mol. The first-order chi connectivity index (χ1) is 8.97. The molecule has 0 aromatic heterocycles. The van der Waals surface area contributed by atoms with Crippen LogP contribution in [-0.4, -0.2) is 23.0 Å². The number of nitrogens with one attached hydrogen (secondary N) is 1. The van der Waals surface area contributed by atoms with E-state index in [1.807, 2.05) is 6.92 Å². The second-order valence-corrected chi connectivity index (χ2v) is 5.32. The van der Waals surface area contributed by atoms with E-state index in [9.17, 15) is 4.79 Å². The van der Waals surface area contributed by atoms with Crippen LogP contribution in [0.25, 0.3) is 0 Å². The molecule has 0 fully saturated rings. The molecule has 1 unspecified atom stereocenters. The zero-order valence-electron chi connectivity index (χ0n) is 10.4. The van der Waals surface area contributed by atoms with Gasteiger partial charge in [0.25, 0.3) is 5.91 Å². The minimum absolute atomic E-state index is 0.0778. The van der Waals surface area contributed by atoms with Crippen LogP contribution in [-0.2, 0) is 0 Å². The summed E-state index contributed by atoms with van der Waals surface area (Å²) in [6.07, 6.45) is 0.947. The third kappa shape index (κ3) is 4.72. The van der Waals surface area contributed by atoms with Gasteiger partial charge >= 0.3 is 0 Å². The predicted molar refractivity (Wildman–Crippen MR) is 78.7 cm³/mol. The fourth-order valence-corrected chi connectivity index (χ4v) is 2.29. The van der Waals surface area contributed by atoms with Gasteiger partial charge in [0.05, 0.1) is 10.6 Å². The largest absolute Gasteiger partial charge is 0.409 e. The molecule has 0 spiro atoms. The topological polar surface area (TPSA) is 87.7 Å². The SMILES string of the molecule is CCC(CC(N)=NO)NC(=O)c1ccc(Br)cc1Cl. The summed E-state index contributed by atoms with van der Waals surface area (Å²) in [5, 5.41) is 14.6. The van der Waals surface area contributed by atoms with Gasteiger partial charge in [-0.1, -0.05) is 39.6 Å². The lowest BCUT2D eigenvalue weighted by molar-refractivity contribution is 0.0937. The van der Waals surface area contributed by atoms with E-state index in [0.29, 0.717) is 17.0 Å². The maximum absolute atomic E-state index is 12.1. The summed E-state index contributed by atoms with van der Waals surface area (Å²) in [6.45, 7) is 1.90. The number of carbonyl (C=O) groups excluding carboxylic acids is 1. The van der Waals surface area contributed by atoms with Gasteiger partial charge in [-0.3, -0.25) is 4.79 Å². The molecular weight excluding hydrogens is 334 g/mol. The molecule has 0 bridgehead atoms. The molecule has 0 radical (unpaired) electrons. The lowest BCUT2D eigenvalue weighted by Crippen LogP contribution is -2.37. The number of hydrogen-bond acceptors (Lipinski definition) is 3. The maximum atomic E-state index is 12.1. The van der Waals surface area contributed by atoms with E-state index in [4.69, 9.17) is 22.5 Å². The molecule has 0 heterocycles. The highest BCUT2D eigenvalue weighted by atomic mass is 79.9. The third-order valence-corrected chi connectivity index (χ3v) is 3.39. The predicted octanol–water partition coefficient (Wildman–Crippen LogP) is 2.75. The zero-order valence-corrected chi connectivity index (χ0v) is 12.7. The van der Waals surface area contributed by atoms with Crippen LogP contribution in [0.2, 0.25) is 5.02 Å². The van der Waals surface area contributed by atoms with Crippen LogP contribution in [0.3, 0.4) is 0 Å². The summed E-state index contributed by atoms with van der Waals surface area (Å²) in [4.78, 5) is 12.1. The molecule has 1 aromatic carbocycles. The lowest BCUT2D eigenvalue weighted by atomic mass is 10.1. The van der Waals surface area contributed by atoms with Crippen LogP contribution < -0.4 is 11.1 Å². The summed E-state index contributed by atoms with van der Waals surface area (Å²) in [5.41, 5.74) is 5.82. The van der Waals surface area contributed by atoms with Crippen molar-refractivity contribution < 1.29 is 10.0 Å². The Kier molecular flexibility index (Phi) is 6.11. The van der Waals surface area contributed by atoms with Crippen molar-refractivity contribution in [2.75, 3.05) is 0 Å². The fourth-order valence-electron chi connectivity index (χ4n) is 1.53. The molecule has 104 valence electrons. The summed E-state index contributed by atoms with van der Waals surface area (Å²) >= 11 is 9.28. The highest BCUT2D eigenvalue weighted by Crippen LogP contribution is 2.21. The number of halogens is 2. The van der Waals surface area contributed by atoms with Gasteiger partial charge in [-0.05, 0) is 24.6 Å². The number of amidine groups is 1. The van der Waals surface area contributed by atoms with Crippen molar-refractivity contribution >= 4 is 39.3 Å². The molecule has 7 heteroatoms. The van der Waals surface area contributed by atoms with Crippen molar-refractivity contribution in [3.63, 3.8) is 0 Å². The van der Waals surface area contributed by atoms with Crippen LogP contribution in [0.1, 0.15) is 30.1 Å². The normalized spacial score (nSPS) is 13.1. The summed E-state index contributed by atoms with van der Waals surface area (Å²) < 4.78 is 0.803. The summed E-state index contributed by atoms with van der Waals surface area (Å²) in [5.74, 6) is -0.204. The number of rotatable bonds is 5. The molecule has 5 nitrogen and oxygen atoms in total. The smallest absolute Gasteiger partial charge is 0.253 e. The van der Waals surface area contributed by atoms with Crippen molar-refractivity contribution in [2.45, 2.75) is 25.8 Å². The van der Waals surface area contributed by atoms with Gasteiger partial charge in [0.15, 0.2) is 0 Å². The van der Waals surface area contributed by atoms with Crippen molar-refractivity contribution in [1.82, 2.24) is 5.32 Å². The molecule has 0 saturated carbocycles. The van der Waals surface area contributed by atoms with Crippen LogP contribution in [0.15, 0.2) is 27.8 Å². The van der Waals surface area contributed by atoms with Crippen molar-refractivity contribution in [3.05, 3.63) is 33.3 Å². The number of hydrogen-bond donors (Lipinski definition) is 3. The molecule has 0 saturated heterocycles. The van der Waals surface area contributed by atoms with Gasteiger partial charge in [-0.25, -0.2) is 0 Å². The third-order valence-electron chi connectivity index (χ3n) is 2.59. The molecule has 19 heavy (non-hydrogen) atoms. The van der Waals surface area contributed by atoms with Gasteiger partial charge in [0.2, 0.25) is 0 Å². The number of benzene rings is 1. The number of nitrogens with zero attached hydrogens (tertiary/aromatic N) is 1. The van der Waals surface area contributed by atoms with Gasteiger partial charge in [0.1, 0.15) is 5.84 Å². The molecule has 0 aliphatic rings. The van der Waals surface area contributed by atoms with Gasteiger partial charge < -0.3 is 16.3 Å². The minimum atomic E-state index is -0.282. The molecule has 0 aliphatic carbocycles. The first-order valence-electron chi connectivity index (χ1n) is 5.70. The van der Waals surface area contributed by atoms with E-state index < -0.39 is 0 Å². The Morgan fingerprint density at radius 2 is 2.32 bits per heavy atom. The molecule has 1 rings (SSSR count). The molecule has 1 atom stereocenters. The zero-order chi connectivity index (χ0) is 14.4. The number of carbonyl (C=O) groups is 1. The van der Waals surface area contributed by atoms with Crippen LogP contribution in [0.4, 0.5) is 0 Å². The van der Waals surface area contributed by atoms with Crippen LogP contribution >= 0.6 is 27.5 Å². The molecule has 4 N–H and O–H groups in total. The molecule has 1 amide bonds.